The molecule has 0 saturated carbocycles. The topological polar surface area (TPSA) is 76.6 Å². The largest absolute Gasteiger partial charge is 0.483 e. The molecule has 30 heavy (non-hydrogen) atoms. The van der Waals surface area contributed by atoms with Crippen molar-refractivity contribution in [2.24, 2.45) is 0 Å². The van der Waals surface area contributed by atoms with Crippen molar-refractivity contribution in [1.82, 2.24) is 9.88 Å². The van der Waals surface area contributed by atoms with E-state index in [4.69, 9.17) is 16.3 Å². The fourth-order valence-electron chi connectivity index (χ4n) is 2.69. The number of carbonyl (C=O) groups is 3. The minimum Gasteiger partial charge on any atom is -0.483 e. The van der Waals surface area contributed by atoms with Gasteiger partial charge in [0.25, 0.3) is 5.91 Å². The number of hydrogen-bond donors (Lipinski definition) is 0. The van der Waals surface area contributed by atoms with Crippen LogP contribution in [0.25, 0.3) is 10.2 Å². The second-order valence-corrected chi connectivity index (χ2v) is 7.70. The van der Waals surface area contributed by atoms with Crippen molar-refractivity contribution < 1.29 is 27.9 Å². The van der Waals surface area contributed by atoms with Crippen LogP contribution in [0.3, 0.4) is 0 Å². The third-order valence-electron chi connectivity index (χ3n) is 4.08. The first kappa shape index (κ1) is 21.8. The summed E-state index contributed by atoms with van der Waals surface area (Å²) in [5, 5.41) is 1.03. The summed E-state index contributed by atoms with van der Waals surface area (Å²) in [5.41, 5.74) is -0.391. The highest BCUT2D eigenvalue weighted by Crippen LogP contribution is 2.28. The molecule has 1 aromatic heterocycles. The van der Waals surface area contributed by atoms with Gasteiger partial charge in [-0.05, 0) is 30.3 Å². The van der Waals surface area contributed by atoms with E-state index < -0.39 is 40.7 Å². The Hall–Kier alpha value is -2.91. The Morgan fingerprint density at radius 1 is 1.20 bits per heavy atom. The van der Waals surface area contributed by atoms with Crippen LogP contribution < -0.4 is 4.74 Å². The summed E-state index contributed by atoms with van der Waals surface area (Å²) in [6, 6.07) is 7.02. The summed E-state index contributed by atoms with van der Waals surface area (Å²) in [4.78, 5) is 40.6. The third-order valence-corrected chi connectivity index (χ3v) is 5.33. The monoisotopic (exact) mass is 452 g/mol. The molecule has 3 aromatic rings. The van der Waals surface area contributed by atoms with Crippen LogP contribution in [-0.2, 0) is 16.2 Å². The smallest absolute Gasteiger partial charge is 0.273 e. The number of carbonyl (C=O) groups excluding carboxylic acids is 3. The van der Waals surface area contributed by atoms with Crippen LogP contribution in [0.5, 0.6) is 5.75 Å². The first-order chi connectivity index (χ1) is 14.2. The number of halogens is 3. The van der Waals surface area contributed by atoms with Gasteiger partial charge in [-0.25, -0.2) is 18.7 Å². The standard InChI is InChI=1S/C20H15ClF2N2O4S/c1-3-17(27)25(10(2)26)20(28)18-12(22)5-6-14(19(18)23)29-9-16-24-13-8-11(21)4-7-15(13)30-16/h4-8H,3,9H2,1-2H3. The van der Waals surface area contributed by atoms with Crippen molar-refractivity contribution >= 4 is 50.9 Å². The van der Waals surface area contributed by atoms with Crippen molar-refractivity contribution in [2.75, 3.05) is 0 Å². The molecule has 0 aliphatic carbocycles. The van der Waals surface area contributed by atoms with E-state index >= 15 is 0 Å². The number of hydrogen-bond acceptors (Lipinski definition) is 6. The lowest BCUT2D eigenvalue weighted by atomic mass is 10.1. The molecule has 0 atom stereocenters. The Morgan fingerprint density at radius 3 is 2.60 bits per heavy atom. The minimum absolute atomic E-state index is 0.141. The van der Waals surface area contributed by atoms with E-state index in [1.165, 1.54) is 18.3 Å². The molecule has 0 radical (unpaired) electrons. The van der Waals surface area contributed by atoms with Gasteiger partial charge >= 0.3 is 0 Å². The van der Waals surface area contributed by atoms with Crippen molar-refractivity contribution in [1.29, 1.82) is 0 Å². The summed E-state index contributed by atoms with van der Waals surface area (Å²) in [5.74, 6) is -6.13. The van der Waals surface area contributed by atoms with Gasteiger partial charge < -0.3 is 4.74 Å². The average molecular weight is 453 g/mol. The number of benzene rings is 2. The van der Waals surface area contributed by atoms with Crippen LogP contribution in [0.15, 0.2) is 30.3 Å². The Kier molecular flexibility index (Phi) is 6.42. The van der Waals surface area contributed by atoms with Gasteiger partial charge in [-0.1, -0.05) is 18.5 Å². The molecule has 3 amide bonds. The van der Waals surface area contributed by atoms with E-state index in [0.717, 1.165) is 23.8 Å². The predicted molar refractivity (Wildman–Crippen MR) is 107 cm³/mol. The molecule has 1 heterocycles. The molecule has 3 rings (SSSR count). The number of imide groups is 3. The molecule has 0 bridgehead atoms. The van der Waals surface area contributed by atoms with E-state index in [1.54, 1.807) is 18.2 Å². The van der Waals surface area contributed by atoms with Crippen LogP contribution in [0.1, 0.15) is 35.6 Å². The summed E-state index contributed by atoms with van der Waals surface area (Å²) in [7, 11) is 0. The van der Waals surface area contributed by atoms with Gasteiger partial charge in [-0.15, -0.1) is 11.3 Å². The molecule has 0 unspecified atom stereocenters. The fourth-order valence-corrected chi connectivity index (χ4v) is 3.72. The SMILES string of the molecule is CCC(=O)N(C(C)=O)C(=O)c1c(F)ccc(OCc2nc3cc(Cl)ccc3s2)c1F. The number of fused-ring (bicyclic) bond motifs is 1. The van der Waals surface area contributed by atoms with Crippen LogP contribution >= 0.6 is 22.9 Å². The maximum absolute atomic E-state index is 14.9. The van der Waals surface area contributed by atoms with Crippen LogP contribution in [0, 0.1) is 11.6 Å². The second kappa shape index (κ2) is 8.85. The second-order valence-electron chi connectivity index (χ2n) is 6.15. The van der Waals surface area contributed by atoms with Gasteiger partial charge in [0.2, 0.25) is 11.8 Å². The Bertz CT molecular complexity index is 1170. The van der Waals surface area contributed by atoms with E-state index in [-0.39, 0.29) is 17.9 Å². The molecular weight excluding hydrogens is 438 g/mol. The van der Waals surface area contributed by atoms with Gasteiger partial charge in [0.05, 0.1) is 10.2 Å². The molecule has 0 N–H and O–H groups in total. The molecule has 0 aliphatic heterocycles. The van der Waals surface area contributed by atoms with Crippen molar-refractivity contribution in [2.45, 2.75) is 26.9 Å². The minimum atomic E-state index is -1.38. The van der Waals surface area contributed by atoms with Crippen LogP contribution in [0.2, 0.25) is 5.02 Å². The maximum atomic E-state index is 14.9. The average Bonchev–Trinajstić information content (AvgIpc) is 3.09. The normalized spacial score (nSPS) is 10.8. The Balaban J connectivity index is 1.88. The van der Waals surface area contributed by atoms with Gasteiger partial charge in [0.15, 0.2) is 11.6 Å². The maximum Gasteiger partial charge on any atom is 0.273 e. The van der Waals surface area contributed by atoms with Crippen LogP contribution in [-0.4, -0.2) is 27.6 Å². The zero-order valence-electron chi connectivity index (χ0n) is 15.9. The predicted octanol–water partition coefficient (Wildman–Crippen LogP) is 4.73. The summed E-state index contributed by atoms with van der Waals surface area (Å²) in [6.45, 7) is 2.24. The number of amides is 3. The highest BCUT2D eigenvalue weighted by molar-refractivity contribution is 7.18. The van der Waals surface area contributed by atoms with Crippen molar-refractivity contribution in [3.8, 4) is 5.75 Å². The van der Waals surface area contributed by atoms with E-state index in [1.807, 2.05) is 0 Å². The number of nitrogens with zero attached hydrogens (tertiary/aromatic N) is 2. The number of aromatic nitrogens is 1. The Labute approximate surface area is 179 Å². The summed E-state index contributed by atoms with van der Waals surface area (Å²) in [6.07, 6.45) is -0.188. The van der Waals surface area contributed by atoms with Crippen molar-refractivity contribution in [3.05, 3.63) is 57.6 Å². The number of ether oxygens (including phenoxy) is 1. The van der Waals surface area contributed by atoms with E-state index in [9.17, 15) is 23.2 Å². The zero-order valence-corrected chi connectivity index (χ0v) is 17.4. The highest BCUT2D eigenvalue weighted by atomic mass is 35.5. The lowest BCUT2D eigenvalue weighted by Crippen LogP contribution is -2.41. The molecule has 0 aliphatic rings. The van der Waals surface area contributed by atoms with Gasteiger partial charge in [0.1, 0.15) is 23.0 Å². The van der Waals surface area contributed by atoms with E-state index in [0.29, 0.717) is 15.5 Å². The first-order valence-corrected chi connectivity index (χ1v) is 9.96. The van der Waals surface area contributed by atoms with Crippen molar-refractivity contribution in [3.63, 3.8) is 0 Å². The molecule has 6 nitrogen and oxygen atoms in total. The summed E-state index contributed by atoms with van der Waals surface area (Å²) < 4.78 is 35.3. The lowest BCUT2D eigenvalue weighted by molar-refractivity contribution is -0.139. The molecule has 10 heteroatoms. The lowest BCUT2D eigenvalue weighted by Gasteiger charge is -2.18. The quantitative estimate of drug-likeness (QED) is 0.559. The zero-order chi connectivity index (χ0) is 22.0. The third kappa shape index (κ3) is 4.31. The van der Waals surface area contributed by atoms with Gasteiger partial charge in [-0.2, -0.15) is 0 Å². The highest BCUT2D eigenvalue weighted by Gasteiger charge is 2.31. The van der Waals surface area contributed by atoms with Gasteiger partial charge in [0, 0.05) is 18.4 Å². The Morgan fingerprint density at radius 2 is 1.93 bits per heavy atom. The fraction of sp³-hybridized carbons (Fsp3) is 0.200. The summed E-state index contributed by atoms with van der Waals surface area (Å²) >= 11 is 7.23. The molecule has 0 fully saturated rings. The molecule has 156 valence electrons. The first-order valence-electron chi connectivity index (χ1n) is 8.76. The molecule has 2 aromatic carbocycles. The number of thiazole rings is 1. The van der Waals surface area contributed by atoms with Crippen LogP contribution in [0.4, 0.5) is 8.78 Å². The molecular formula is C20H15ClF2N2O4S. The van der Waals surface area contributed by atoms with E-state index in [2.05, 4.69) is 4.98 Å². The van der Waals surface area contributed by atoms with Gasteiger partial charge in [-0.3, -0.25) is 14.4 Å². The number of rotatable bonds is 5. The molecule has 0 spiro atoms. The molecule has 0 saturated heterocycles.